The molecule has 1 N–H and O–H groups in total. The summed E-state index contributed by atoms with van der Waals surface area (Å²) in [6, 6.07) is 13.3. The second-order valence-corrected chi connectivity index (χ2v) is 6.62. The van der Waals surface area contributed by atoms with Gasteiger partial charge in [0.25, 0.3) is 5.91 Å². The van der Waals surface area contributed by atoms with Crippen molar-refractivity contribution in [3.63, 3.8) is 0 Å². The van der Waals surface area contributed by atoms with E-state index in [1.54, 1.807) is 6.07 Å². The molecule has 0 saturated carbocycles. The van der Waals surface area contributed by atoms with E-state index in [1.165, 1.54) is 0 Å². The summed E-state index contributed by atoms with van der Waals surface area (Å²) in [7, 11) is 0. The smallest absolute Gasteiger partial charge is 0.252 e. The van der Waals surface area contributed by atoms with Crippen LogP contribution in [-0.4, -0.2) is 5.91 Å². The van der Waals surface area contributed by atoms with Crippen molar-refractivity contribution >= 4 is 53.7 Å². The van der Waals surface area contributed by atoms with Gasteiger partial charge in [0, 0.05) is 20.0 Å². The summed E-state index contributed by atoms with van der Waals surface area (Å²) in [6.07, 6.45) is 0. The van der Waals surface area contributed by atoms with Crippen LogP contribution in [0.1, 0.15) is 15.9 Å². The van der Waals surface area contributed by atoms with Crippen LogP contribution >= 0.6 is 47.8 Å². The molecule has 2 aromatic carbocycles. The summed E-state index contributed by atoms with van der Waals surface area (Å²) in [5.41, 5.74) is 1.69. The molecule has 0 spiro atoms. The van der Waals surface area contributed by atoms with Crippen molar-refractivity contribution in [1.82, 2.24) is 5.32 Å². The van der Waals surface area contributed by atoms with Gasteiger partial charge in [0.15, 0.2) is 0 Å². The zero-order valence-corrected chi connectivity index (χ0v) is 14.5. The van der Waals surface area contributed by atoms with Crippen molar-refractivity contribution in [2.24, 2.45) is 0 Å². The normalized spacial score (nSPS) is 10.3. The minimum Gasteiger partial charge on any atom is -0.348 e. The maximum absolute atomic E-state index is 12.1. The van der Waals surface area contributed by atoms with E-state index in [1.807, 2.05) is 36.4 Å². The summed E-state index contributed by atoms with van der Waals surface area (Å²) < 4.78 is 2.73. The van der Waals surface area contributed by atoms with Crippen LogP contribution in [-0.2, 0) is 6.54 Å². The lowest BCUT2D eigenvalue weighted by Gasteiger charge is -2.07. The molecule has 2 rings (SSSR count). The summed E-state index contributed by atoms with van der Waals surface area (Å²) >= 11 is 10.1. The van der Waals surface area contributed by atoms with E-state index in [0.717, 1.165) is 19.0 Å². The van der Waals surface area contributed by atoms with E-state index in [-0.39, 0.29) is 5.91 Å². The van der Waals surface area contributed by atoms with Gasteiger partial charge in [-0.1, -0.05) is 44.0 Å². The number of benzene rings is 2. The molecule has 0 unspecified atom stereocenters. The first-order chi connectivity index (χ1) is 9.06. The molecule has 5 heteroatoms. The molecule has 0 aliphatic heterocycles. The first kappa shape index (κ1) is 14.8. The molecule has 98 valence electrons. The summed E-state index contributed by atoms with van der Waals surface area (Å²) in [4.78, 5) is 12.1. The molecule has 0 saturated heterocycles. The average Bonchev–Trinajstić information content (AvgIpc) is 2.37. The molecule has 2 nitrogen and oxygen atoms in total. The first-order valence-electron chi connectivity index (χ1n) is 5.54. The Balaban J connectivity index is 2.03. The Kier molecular flexibility index (Phi) is 5.19. The molecule has 0 aliphatic carbocycles. The van der Waals surface area contributed by atoms with Gasteiger partial charge in [0.05, 0.1) is 5.56 Å². The SMILES string of the molecule is O=C(NCc1ccc(Br)cc1)c1ccc(Br)cc1Br. The quantitative estimate of drug-likeness (QED) is 0.712. The minimum atomic E-state index is -0.0951. The Hall–Kier alpha value is -0.650. The van der Waals surface area contributed by atoms with Gasteiger partial charge in [0.1, 0.15) is 0 Å². The van der Waals surface area contributed by atoms with Crippen molar-refractivity contribution < 1.29 is 4.79 Å². The number of amides is 1. The number of carbonyl (C=O) groups is 1. The van der Waals surface area contributed by atoms with E-state index >= 15 is 0 Å². The standard InChI is InChI=1S/C14H10Br3NO/c15-10-3-1-9(2-4-10)8-18-14(19)12-6-5-11(16)7-13(12)17/h1-7H,8H2,(H,18,19). The average molecular weight is 448 g/mol. The van der Waals surface area contributed by atoms with Crippen LogP contribution in [0, 0.1) is 0 Å². The van der Waals surface area contributed by atoms with Crippen LogP contribution in [0.3, 0.4) is 0 Å². The Morgan fingerprint density at radius 3 is 2.21 bits per heavy atom. The maximum atomic E-state index is 12.1. The van der Waals surface area contributed by atoms with Gasteiger partial charge in [-0.2, -0.15) is 0 Å². The van der Waals surface area contributed by atoms with Crippen LogP contribution < -0.4 is 5.32 Å². The fourth-order valence-corrected chi connectivity index (χ4v) is 3.04. The highest BCUT2D eigenvalue weighted by Gasteiger charge is 2.09. The van der Waals surface area contributed by atoms with E-state index in [0.29, 0.717) is 12.1 Å². The van der Waals surface area contributed by atoms with Gasteiger partial charge in [0.2, 0.25) is 0 Å². The number of hydrogen-bond donors (Lipinski definition) is 1. The van der Waals surface area contributed by atoms with Gasteiger partial charge in [-0.05, 0) is 51.8 Å². The minimum absolute atomic E-state index is 0.0951. The number of nitrogens with one attached hydrogen (secondary N) is 1. The Morgan fingerprint density at radius 1 is 0.947 bits per heavy atom. The van der Waals surface area contributed by atoms with Crippen LogP contribution in [0.2, 0.25) is 0 Å². The largest absolute Gasteiger partial charge is 0.348 e. The van der Waals surface area contributed by atoms with Crippen molar-refractivity contribution in [3.05, 3.63) is 67.0 Å². The van der Waals surface area contributed by atoms with Crippen LogP contribution in [0.4, 0.5) is 0 Å². The van der Waals surface area contributed by atoms with Gasteiger partial charge >= 0.3 is 0 Å². The highest BCUT2D eigenvalue weighted by molar-refractivity contribution is 9.11. The molecule has 2 aromatic rings. The number of halogens is 3. The molecule has 0 bridgehead atoms. The van der Waals surface area contributed by atoms with Crippen molar-refractivity contribution in [2.45, 2.75) is 6.54 Å². The molecular weight excluding hydrogens is 438 g/mol. The third kappa shape index (κ3) is 4.16. The van der Waals surface area contributed by atoms with E-state index < -0.39 is 0 Å². The Bertz CT molecular complexity index is 596. The molecule has 0 aliphatic rings. The Morgan fingerprint density at radius 2 is 1.58 bits per heavy atom. The molecular formula is C14H10Br3NO. The van der Waals surface area contributed by atoms with E-state index in [4.69, 9.17) is 0 Å². The van der Waals surface area contributed by atoms with Gasteiger partial charge < -0.3 is 5.32 Å². The summed E-state index contributed by atoms with van der Waals surface area (Å²) in [5.74, 6) is -0.0951. The lowest BCUT2D eigenvalue weighted by Crippen LogP contribution is -2.23. The lowest BCUT2D eigenvalue weighted by atomic mass is 10.2. The number of rotatable bonds is 3. The van der Waals surface area contributed by atoms with Crippen molar-refractivity contribution in [3.8, 4) is 0 Å². The monoisotopic (exact) mass is 445 g/mol. The first-order valence-corrected chi connectivity index (χ1v) is 7.92. The fourth-order valence-electron chi connectivity index (χ4n) is 1.55. The van der Waals surface area contributed by atoms with Crippen LogP contribution in [0.15, 0.2) is 55.9 Å². The zero-order chi connectivity index (χ0) is 13.8. The fraction of sp³-hybridized carbons (Fsp3) is 0.0714. The highest BCUT2D eigenvalue weighted by atomic mass is 79.9. The topological polar surface area (TPSA) is 29.1 Å². The molecule has 0 fully saturated rings. The van der Waals surface area contributed by atoms with Crippen molar-refractivity contribution in [2.75, 3.05) is 0 Å². The third-order valence-electron chi connectivity index (χ3n) is 2.54. The molecule has 19 heavy (non-hydrogen) atoms. The van der Waals surface area contributed by atoms with Crippen molar-refractivity contribution in [1.29, 1.82) is 0 Å². The van der Waals surface area contributed by atoms with Gasteiger partial charge in [-0.15, -0.1) is 0 Å². The second kappa shape index (κ2) is 6.68. The second-order valence-electron chi connectivity index (χ2n) is 3.93. The maximum Gasteiger partial charge on any atom is 0.252 e. The van der Waals surface area contributed by atoms with Crippen LogP contribution in [0.25, 0.3) is 0 Å². The lowest BCUT2D eigenvalue weighted by molar-refractivity contribution is 0.0950. The molecule has 0 heterocycles. The number of hydrogen-bond acceptors (Lipinski definition) is 1. The molecule has 0 aromatic heterocycles. The summed E-state index contributed by atoms with van der Waals surface area (Å²) in [5, 5.41) is 2.90. The van der Waals surface area contributed by atoms with E-state index in [2.05, 4.69) is 53.1 Å². The third-order valence-corrected chi connectivity index (χ3v) is 4.22. The van der Waals surface area contributed by atoms with Crippen LogP contribution in [0.5, 0.6) is 0 Å². The summed E-state index contributed by atoms with van der Waals surface area (Å²) in [6.45, 7) is 0.509. The van der Waals surface area contributed by atoms with Gasteiger partial charge in [-0.3, -0.25) is 4.79 Å². The van der Waals surface area contributed by atoms with Gasteiger partial charge in [-0.25, -0.2) is 0 Å². The zero-order valence-electron chi connectivity index (χ0n) is 9.79. The predicted molar refractivity (Wildman–Crippen MR) is 87.2 cm³/mol. The van der Waals surface area contributed by atoms with E-state index in [9.17, 15) is 4.79 Å². The molecule has 0 radical (unpaired) electrons. The Labute approximate surface area is 137 Å². The number of carbonyl (C=O) groups excluding carboxylic acids is 1. The molecule has 1 amide bonds. The molecule has 0 atom stereocenters. The predicted octanol–water partition coefficient (Wildman–Crippen LogP) is 4.90. The highest BCUT2D eigenvalue weighted by Crippen LogP contribution is 2.22.